The summed E-state index contributed by atoms with van der Waals surface area (Å²) in [4.78, 5) is 41.1. The monoisotopic (exact) mass is 382 g/mol. The van der Waals surface area contributed by atoms with Crippen molar-refractivity contribution in [2.45, 2.75) is 19.4 Å². The van der Waals surface area contributed by atoms with Crippen LogP contribution in [0.3, 0.4) is 0 Å². The van der Waals surface area contributed by atoms with Crippen molar-refractivity contribution in [3.05, 3.63) is 70.4 Å². The van der Waals surface area contributed by atoms with Crippen LogP contribution in [-0.4, -0.2) is 28.4 Å². The van der Waals surface area contributed by atoms with Crippen LogP contribution in [0.2, 0.25) is 0 Å². The molecule has 0 aliphatic rings. The molecule has 2 N–H and O–H groups in total. The zero-order valence-corrected chi connectivity index (χ0v) is 15.2. The average molecular weight is 382 g/mol. The lowest BCUT2D eigenvalue weighted by molar-refractivity contribution is -0.120. The van der Waals surface area contributed by atoms with Crippen molar-refractivity contribution < 1.29 is 14.0 Å². The van der Waals surface area contributed by atoms with Crippen LogP contribution in [-0.2, 0) is 22.6 Å². The van der Waals surface area contributed by atoms with Gasteiger partial charge in [0.05, 0.1) is 16.7 Å². The van der Waals surface area contributed by atoms with E-state index >= 15 is 0 Å². The van der Waals surface area contributed by atoms with Gasteiger partial charge in [-0.15, -0.1) is 0 Å². The third-order valence-electron chi connectivity index (χ3n) is 4.24. The van der Waals surface area contributed by atoms with E-state index < -0.39 is 17.3 Å². The fourth-order valence-corrected chi connectivity index (χ4v) is 2.82. The van der Waals surface area contributed by atoms with Crippen molar-refractivity contribution in [1.82, 2.24) is 14.9 Å². The number of carbonyl (C=O) groups excluding carboxylic acids is 2. The predicted octanol–water partition coefficient (Wildman–Crippen LogP) is 1.85. The van der Waals surface area contributed by atoms with E-state index in [1.807, 2.05) is 0 Å². The highest BCUT2D eigenvalue weighted by Crippen LogP contribution is 2.14. The highest BCUT2D eigenvalue weighted by molar-refractivity contribution is 5.91. The summed E-state index contributed by atoms with van der Waals surface area (Å²) < 4.78 is 15.1. The van der Waals surface area contributed by atoms with Gasteiger partial charge in [-0.05, 0) is 24.3 Å². The molecule has 2 aromatic carbocycles. The lowest BCUT2D eigenvalue weighted by Gasteiger charge is -2.13. The number of rotatable bonds is 6. The molecule has 0 aliphatic carbocycles. The number of halogens is 1. The molecule has 7 nitrogen and oxygen atoms in total. The first kappa shape index (κ1) is 19.2. The Labute approximate surface area is 160 Å². The van der Waals surface area contributed by atoms with Gasteiger partial charge in [-0.2, -0.15) is 0 Å². The number of carbonyl (C=O) groups is 2. The highest BCUT2D eigenvalue weighted by Gasteiger charge is 2.15. The second-order valence-electron chi connectivity index (χ2n) is 6.14. The minimum absolute atomic E-state index is 0.0405. The Balaban J connectivity index is 1.93. The van der Waals surface area contributed by atoms with E-state index in [9.17, 15) is 18.8 Å². The van der Waals surface area contributed by atoms with Gasteiger partial charge in [0.25, 0.3) is 5.56 Å². The van der Waals surface area contributed by atoms with Gasteiger partial charge in [0, 0.05) is 19.9 Å². The molecule has 0 unspecified atom stereocenters. The van der Waals surface area contributed by atoms with Crippen LogP contribution in [0.15, 0.2) is 53.3 Å². The zero-order valence-electron chi connectivity index (χ0n) is 15.2. The van der Waals surface area contributed by atoms with Crippen molar-refractivity contribution in [1.29, 1.82) is 0 Å². The molecule has 0 spiro atoms. The molecule has 0 atom stereocenters. The van der Waals surface area contributed by atoms with Crippen molar-refractivity contribution in [3.8, 4) is 0 Å². The van der Waals surface area contributed by atoms with E-state index in [0.717, 1.165) is 0 Å². The van der Waals surface area contributed by atoms with Gasteiger partial charge in [0.2, 0.25) is 11.8 Å². The van der Waals surface area contributed by atoms with E-state index in [0.29, 0.717) is 11.0 Å². The second kappa shape index (κ2) is 8.43. The summed E-state index contributed by atoms with van der Waals surface area (Å²) in [6, 6.07) is 12.7. The summed E-state index contributed by atoms with van der Waals surface area (Å²) in [7, 11) is 1.52. The molecule has 0 saturated heterocycles. The van der Waals surface area contributed by atoms with Gasteiger partial charge < -0.3 is 10.6 Å². The van der Waals surface area contributed by atoms with Gasteiger partial charge in [-0.1, -0.05) is 24.3 Å². The largest absolute Gasteiger partial charge is 0.359 e. The maximum absolute atomic E-state index is 13.8. The third-order valence-corrected chi connectivity index (χ3v) is 4.24. The summed E-state index contributed by atoms with van der Waals surface area (Å²) in [6.07, 6.45) is 0.261. The first-order valence-electron chi connectivity index (χ1n) is 8.73. The Morgan fingerprint density at radius 3 is 2.54 bits per heavy atom. The number of amides is 2. The topological polar surface area (TPSA) is 93.1 Å². The van der Waals surface area contributed by atoms with Gasteiger partial charge in [0.15, 0.2) is 0 Å². The predicted molar refractivity (Wildman–Crippen MR) is 103 cm³/mol. The quantitative estimate of drug-likeness (QED) is 0.681. The molecule has 0 radical (unpaired) electrons. The molecular formula is C20H19FN4O3. The van der Waals surface area contributed by atoms with Crippen molar-refractivity contribution in [2.24, 2.45) is 0 Å². The van der Waals surface area contributed by atoms with Gasteiger partial charge in [-0.25, -0.2) is 9.37 Å². The average Bonchev–Trinajstić information content (AvgIpc) is 2.70. The molecule has 0 fully saturated rings. The second-order valence-corrected chi connectivity index (χ2v) is 6.14. The van der Waals surface area contributed by atoms with Crippen LogP contribution in [0.5, 0.6) is 0 Å². The number of hydrogen-bond acceptors (Lipinski definition) is 4. The number of nitrogens with zero attached hydrogens (tertiary/aromatic N) is 2. The summed E-state index contributed by atoms with van der Waals surface area (Å²) in [6.45, 7) is -0.302. The van der Waals surface area contributed by atoms with Gasteiger partial charge in [0.1, 0.15) is 18.1 Å². The Bertz CT molecular complexity index is 1090. The lowest BCUT2D eigenvalue weighted by Crippen LogP contribution is -2.31. The Hall–Kier alpha value is -3.55. The Morgan fingerprint density at radius 2 is 1.79 bits per heavy atom. The summed E-state index contributed by atoms with van der Waals surface area (Å²) in [5.41, 5.74) is 0.804. The normalized spacial score (nSPS) is 10.6. The lowest BCUT2D eigenvalue weighted by atomic mass is 10.2. The number of benzene rings is 2. The van der Waals surface area contributed by atoms with Crippen LogP contribution in [0.25, 0.3) is 11.0 Å². The van der Waals surface area contributed by atoms with Crippen molar-refractivity contribution in [3.63, 3.8) is 0 Å². The molecule has 0 bridgehead atoms. The number of aryl methyl sites for hydroxylation is 1. The molecular weight excluding hydrogens is 363 g/mol. The molecule has 3 aromatic rings. The first-order valence-corrected chi connectivity index (χ1v) is 8.73. The smallest absolute Gasteiger partial charge is 0.273 e. The Kier molecular flexibility index (Phi) is 5.78. The first-order chi connectivity index (χ1) is 13.5. The van der Waals surface area contributed by atoms with Gasteiger partial charge in [-0.3, -0.25) is 19.0 Å². The summed E-state index contributed by atoms with van der Waals surface area (Å²) in [5.74, 6) is -1.31. The number of anilines is 1. The molecule has 3 rings (SSSR count). The Morgan fingerprint density at radius 1 is 1.07 bits per heavy atom. The van der Waals surface area contributed by atoms with E-state index in [1.54, 1.807) is 30.3 Å². The van der Waals surface area contributed by atoms with Crippen LogP contribution in [0.1, 0.15) is 12.1 Å². The van der Waals surface area contributed by atoms with E-state index in [2.05, 4.69) is 15.6 Å². The minimum atomic E-state index is -0.561. The maximum Gasteiger partial charge on any atom is 0.273 e. The van der Waals surface area contributed by atoms with Crippen LogP contribution < -0.4 is 16.2 Å². The van der Waals surface area contributed by atoms with Crippen LogP contribution >= 0.6 is 0 Å². The maximum atomic E-state index is 13.8. The van der Waals surface area contributed by atoms with Crippen molar-refractivity contribution >= 4 is 28.5 Å². The zero-order chi connectivity index (χ0) is 20.1. The van der Waals surface area contributed by atoms with E-state index in [4.69, 9.17) is 0 Å². The number of nitrogens with one attached hydrogen (secondary N) is 2. The molecule has 144 valence electrons. The molecule has 1 aromatic heterocycles. The summed E-state index contributed by atoms with van der Waals surface area (Å²) in [5, 5.41) is 4.97. The van der Waals surface area contributed by atoms with Crippen LogP contribution in [0, 0.1) is 5.82 Å². The fourth-order valence-electron chi connectivity index (χ4n) is 2.82. The number of aromatic nitrogens is 2. The number of para-hydroxylation sites is 3. The number of hydrogen-bond donors (Lipinski definition) is 2. The molecule has 0 aliphatic heterocycles. The molecule has 28 heavy (non-hydrogen) atoms. The van der Waals surface area contributed by atoms with E-state index in [1.165, 1.54) is 29.8 Å². The fraction of sp³-hybridized carbons (Fsp3) is 0.200. The SMILES string of the molecule is CNC(=O)CCc1nc2ccccc2n(CC(=O)Nc2ccccc2F)c1=O. The molecule has 2 amide bonds. The molecule has 1 heterocycles. The number of fused-ring (bicyclic) bond motifs is 1. The van der Waals surface area contributed by atoms with Crippen LogP contribution in [0.4, 0.5) is 10.1 Å². The van der Waals surface area contributed by atoms with Crippen molar-refractivity contribution in [2.75, 3.05) is 12.4 Å². The third kappa shape index (κ3) is 4.22. The van der Waals surface area contributed by atoms with Gasteiger partial charge >= 0.3 is 0 Å². The minimum Gasteiger partial charge on any atom is -0.359 e. The summed E-state index contributed by atoms with van der Waals surface area (Å²) >= 11 is 0. The standard InChI is InChI=1S/C20H19FN4O3/c1-22-18(26)11-10-16-20(28)25(17-9-5-4-8-15(17)23-16)12-19(27)24-14-7-3-2-6-13(14)21/h2-9H,10-12H2,1H3,(H,22,26)(H,24,27). The highest BCUT2D eigenvalue weighted by atomic mass is 19.1. The molecule has 0 saturated carbocycles. The molecule has 8 heteroatoms. The van der Waals surface area contributed by atoms with E-state index in [-0.39, 0.29) is 36.7 Å².